The number of hydrogen-bond donors (Lipinski definition) is 2. The van der Waals surface area contributed by atoms with Crippen LogP contribution < -0.4 is 16.0 Å². The van der Waals surface area contributed by atoms with Crippen molar-refractivity contribution in [2.24, 2.45) is 0 Å². The maximum absolute atomic E-state index is 11.3. The third-order valence-electron chi connectivity index (χ3n) is 2.53. The summed E-state index contributed by atoms with van der Waals surface area (Å²) in [6.45, 7) is 3.74. The Kier molecular flexibility index (Phi) is 3.32. The molecule has 0 aliphatic carbocycles. The standard InChI is InChI=1S/C13H15N3O2/c1-3-9-4-5-11(10(14)6-9)18-13-7-12(17)15-8(2)16-13/h4-7H,3,14H2,1-2H3,(H,15,16,17). The van der Waals surface area contributed by atoms with Crippen LogP contribution in [-0.4, -0.2) is 9.97 Å². The fourth-order valence-corrected chi connectivity index (χ4v) is 1.63. The van der Waals surface area contributed by atoms with Crippen LogP contribution in [0.1, 0.15) is 18.3 Å². The zero-order chi connectivity index (χ0) is 13.1. The van der Waals surface area contributed by atoms with Gasteiger partial charge in [-0.1, -0.05) is 13.0 Å². The maximum Gasteiger partial charge on any atom is 0.254 e. The summed E-state index contributed by atoms with van der Waals surface area (Å²) in [7, 11) is 0. The van der Waals surface area contributed by atoms with E-state index in [-0.39, 0.29) is 11.4 Å². The van der Waals surface area contributed by atoms with Gasteiger partial charge < -0.3 is 15.5 Å². The Morgan fingerprint density at radius 2 is 2.17 bits per heavy atom. The van der Waals surface area contributed by atoms with Crippen LogP contribution in [0.4, 0.5) is 5.69 Å². The minimum absolute atomic E-state index is 0.243. The van der Waals surface area contributed by atoms with Crippen molar-refractivity contribution in [1.29, 1.82) is 0 Å². The van der Waals surface area contributed by atoms with Gasteiger partial charge in [0.05, 0.1) is 11.8 Å². The molecule has 0 amide bonds. The van der Waals surface area contributed by atoms with Crippen molar-refractivity contribution in [2.75, 3.05) is 5.73 Å². The Bertz CT molecular complexity index is 620. The Balaban J connectivity index is 2.31. The molecule has 18 heavy (non-hydrogen) atoms. The summed E-state index contributed by atoms with van der Waals surface area (Å²) in [4.78, 5) is 17.9. The van der Waals surface area contributed by atoms with Crippen LogP contribution in [0.2, 0.25) is 0 Å². The number of rotatable bonds is 3. The number of aromatic nitrogens is 2. The van der Waals surface area contributed by atoms with Crippen molar-refractivity contribution in [3.8, 4) is 11.6 Å². The van der Waals surface area contributed by atoms with Gasteiger partial charge in [0.25, 0.3) is 5.56 Å². The van der Waals surface area contributed by atoms with Crippen molar-refractivity contribution in [1.82, 2.24) is 9.97 Å². The summed E-state index contributed by atoms with van der Waals surface area (Å²) in [6, 6.07) is 6.87. The van der Waals surface area contributed by atoms with Crippen LogP contribution in [0.5, 0.6) is 11.6 Å². The Hall–Kier alpha value is -2.30. The van der Waals surface area contributed by atoms with E-state index in [1.165, 1.54) is 6.07 Å². The quantitative estimate of drug-likeness (QED) is 0.810. The highest BCUT2D eigenvalue weighted by molar-refractivity contribution is 5.55. The summed E-state index contributed by atoms with van der Waals surface area (Å²) >= 11 is 0. The van der Waals surface area contributed by atoms with E-state index in [1.807, 2.05) is 12.1 Å². The van der Waals surface area contributed by atoms with E-state index in [4.69, 9.17) is 10.5 Å². The number of benzene rings is 1. The lowest BCUT2D eigenvalue weighted by Crippen LogP contribution is -2.08. The van der Waals surface area contributed by atoms with E-state index in [1.54, 1.807) is 13.0 Å². The van der Waals surface area contributed by atoms with Crippen LogP contribution in [0, 0.1) is 6.92 Å². The number of H-pyrrole nitrogens is 1. The lowest BCUT2D eigenvalue weighted by molar-refractivity contribution is 0.461. The van der Waals surface area contributed by atoms with Gasteiger partial charge in [0.1, 0.15) is 5.82 Å². The molecule has 5 heteroatoms. The number of nitrogens with two attached hydrogens (primary N) is 1. The van der Waals surface area contributed by atoms with Crippen LogP contribution >= 0.6 is 0 Å². The largest absolute Gasteiger partial charge is 0.437 e. The molecule has 0 atom stereocenters. The topological polar surface area (TPSA) is 81.0 Å². The van der Waals surface area contributed by atoms with Gasteiger partial charge in [0.15, 0.2) is 5.75 Å². The van der Waals surface area contributed by atoms with Gasteiger partial charge in [0.2, 0.25) is 5.88 Å². The smallest absolute Gasteiger partial charge is 0.254 e. The van der Waals surface area contributed by atoms with E-state index in [9.17, 15) is 4.79 Å². The number of anilines is 1. The molecule has 0 saturated heterocycles. The van der Waals surface area contributed by atoms with Crippen LogP contribution in [0.15, 0.2) is 29.1 Å². The zero-order valence-electron chi connectivity index (χ0n) is 10.4. The number of nitrogens with zero attached hydrogens (tertiary/aromatic N) is 1. The van der Waals surface area contributed by atoms with Crippen LogP contribution in [0.25, 0.3) is 0 Å². The SMILES string of the molecule is CCc1ccc(Oc2cc(=O)[nH]c(C)n2)c(N)c1. The molecule has 2 aromatic rings. The number of hydrogen-bond acceptors (Lipinski definition) is 4. The molecule has 0 fully saturated rings. The van der Waals surface area contributed by atoms with Crippen LogP contribution in [-0.2, 0) is 6.42 Å². The Morgan fingerprint density at radius 3 is 2.78 bits per heavy atom. The molecule has 0 saturated carbocycles. The average Bonchev–Trinajstić information content (AvgIpc) is 2.30. The second-order valence-corrected chi connectivity index (χ2v) is 4.00. The van der Waals surface area contributed by atoms with Crippen molar-refractivity contribution < 1.29 is 4.74 Å². The van der Waals surface area contributed by atoms with Crippen molar-refractivity contribution in [3.63, 3.8) is 0 Å². The predicted octanol–water partition coefficient (Wildman–Crippen LogP) is 2.02. The van der Waals surface area contributed by atoms with Crippen LogP contribution in [0.3, 0.4) is 0 Å². The van der Waals surface area contributed by atoms with Crippen molar-refractivity contribution in [2.45, 2.75) is 20.3 Å². The normalized spacial score (nSPS) is 10.3. The molecule has 0 spiro atoms. The number of aromatic amines is 1. The molecule has 1 heterocycles. The second kappa shape index (κ2) is 4.91. The fourth-order valence-electron chi connectivity index (χ4n) is 1.63. The first-order valence-electron chi connectivity index (χ1n) is 5.72. The third-order valence-corrected chi connectivity index (χ3v) is 2.53. The first kappa shape index (κ1) is 12.2. The van der Waals surface area contributed by atoms with E-state index in [0.717, 1.165) is 12.0 Å². The van der Waals surface area contributed by atoms with E-state index in [2.05, 4.69) is 16.9 Å². The first-order chi connectivity index (χ1) is 8.58. The second-order valence-electron chi connectivity index (χ2n) is 4.00. The lowest BCUT2D eigenvalue weighted by atomic mass is 10.1. The molecule has 0 aliphatic heterocycles. The van der Waals surface area contributed by atoms with Gasteiger partial charge in [-0.15, -0.1) is 0 Å². The molecule has 2 rings (SSSR count). The van der Waals surface area contributed by atoms with Gasteiger partial charge in [-0.2, -0.15) is 0 Å². The highest BCUT2D eigenvalue weighted by Gasteiger charge is 2.05. The molecular weight excluding hydrogens is 230 g/mol. The van der Waals surface area contributed by atoms with Gasteiger partial charge >= 0.3 is 0 Å². The molecule has 0 unspecified atom stereocenters. The van der Waals surface area contributed by atoms with Gasteiger partial charge in [0, 0.05) is 0 Å². The highest BCUT2D eigenvalue weighted by Crippen LogP contribution is 2.26. The van der Waals surface area contributed by atoms with Gasteiger partial charge in [-0.05, 0) is 31.0 Å². The summed E-state index contributed by atoms with van der Waals surface area (Å²) in [5.41, 5.74) is 7.30. The summed E-state index contributed by atoms with van der Waals surface area (Å²) in [5, 5.41) is 0. The number of nitrogens with one attached hydrogen (secondary N) is 1. The Labute approximate surface area is 105 Å². The molecule has 0 bridgehead atoms. The number of aryl methyl sites for hydroxylation is 2. The number of nitrogen functional groups attached to an aromatic ring is 1. The maximum atomic E-state index is 11.3. The summed E-state index contributed by atoms with van der Waals surface area (Å²) < 4.78 is 5.51. The molecule has 1 aromatic carbocycles. The average molecular weight is 245 g/mol. The first-order valence-corrected chi connectivity index (χ1v) is 5.72. The minimum atomic E-state index is -0.249. The summed E-state index contributed by atoms with van der Waals surface area (Å²) in [5.74, 6) is 1.25. The summed E-state index contributed by atoms with van der Waals surface area (Å²) in [6.07, 6.45) is 0.910. The Morgan fingerprint density at radius 1 is 1.39 bits per heavy atom. The molecule has 0 radical (unpaired) electrons. The lowest BCUT2D eigenvalue weighted by Gasteiger charge is -2.08. The zero-order valence-corrected chi connectivity index (χ0v) is 10.4. The third kappa shape index (κ3) is 2.68. The molecule has 3 N–H and O–H groups in total. The highest BCUT2D eigenvalue weighted by atomic mass is 16.5. The van der Waals surface area contributed by atoms with E-state index < -0.39 is 0 Å². The molecule has 0 aliphatic rings. The van der Waals surface area contributed by atoms with E-state index >= 15 is 0 Å². The number of ether oxygens (including phenoxy) is 1. The van der Waals surface area contributed by atoms with Crippen molar-refractivity contribution in [3.05, 3.63) is 46.0 Å². The monoisotopic (exact) mass is 245 g/mol. The molecule has 5 nitrogen and oxygen atoms in total. The van der Waals surface area contributed by atoms with Crippen molar-refractivity contribution >= 4 is 5.69 Å². The van der Waals surface area contributed by atoms with Gasteiger partial charge in [-0.3, -0.25) is 4.79 Å². The molecule has 1 aromatic heterocycles. The molecule has 94 valence electrons. The predicted molar refractivity (Wildman–Crippen MR) is 69.9 cm³/mol. The van der Waals surface area contributed by atoms with E-state index in [0.29, 0.717) is 17.3 Å². The minimum Gasteiger partial charge on any atom is -0.437 e. The van der Waals surface area contributed by atoms with Gasteiger partial charge in [-0.25, -0.2) is 4.98 Å². The fraction of sp³-hybridized carbons (Fsp3) is 0.231. The molecular formula is C13H15N3O2.